The van der Waals surface area contributed by atoms with Gasteiger partial charge in [-0.1, -0.05) is 6.07 Å². The lowest BCUT2D eigenvalue weighted by Gasteiger charge is -2.37. The smallest absolute Gasteiger partial charge is 0.216 e. The van der Waals surface area contributed by atoms with Gasteiger partial charge < -0.3 is 14.4 Å². The first-order chi connectivity index (χ1) is 12.3. The molecule has 1 saturated heterocycles. The molecule has 1 heterocycles. The molecule has 0 amide bonds. The molecule has 1 aliphatic heterocycles. The van der Waals surface area contributed by atoms with E-state index >= 15 is 0 Å². The van der Waals surface area contributed by atoms with Crippen LogP contribution in [0.3, 0.4) is 0 Å². The Bertz CT molecular complexity index is 691. The molecular weight excluding hydrogens is 352 g/mol. The van der Waals surface area contributed by atoms with Crippen molar-refractivity contribution in [3.63, 3.8) is 0 Å². The number of methoxy groups -OCH3 is 2. The molecule has 1 fully saturated rings. The van der Waals surface area contributed by atoms with Crippen molar-refractivity contribution < 1.29 is 17.9 Å². The third-order valence-electron chi connectivity index (χ3n) is 5.14. The lowest BCUT2D eigenvalue weighted by Crippen LogP contribution is -2.50. The van der Waals surface area contributed by atoms with E-state index in [1.165, 1.54) is 5.56 Å². The van der Waals surface area contributed by atoms with E-state index in [-0.39, 0.29) is 11.3 Å². The van der Waals surface area contributed by atoms with Gasteiger partial charge in [0, 0.05) is 25.7 Å². The van der Waals surface area contributed by atoms with Gasteiger partial charge in [-0.05, 0) is 57.9 Å². The fraction of sp³-hybridized carbons (Fsp3) is 0.684. The number of likely N-dealkylation sites (N-methyl/N-ethyl adjacent to an activating group) is 1. The van der Waals surface area contributed by atoms with Crippen LogP contribution < -0.4 is 9.47 Å². The van der Waals surface area contributed by atoms with Gasteiger partial charge in [-0.2, -0.15) is 0 Å². The fourth-order valence-corrected chi connectivity index (χ4v) is 4.69. The number of piperidine rings is 1. The zero-order valence-corrected chi connectivity index (χ0v) is 17.4. The van der Waals surface area contributed by atoms with Crippen molar-refractivity contribution >= 4 is 10.0 Å². The molecule has 0 aliphatic carbocycles. The maximum atomic E-state index is 12.4. The molecule has 6 nitrogen and oxygen atoms in total. The van der Waals surface area contributed by atoms with Crippen LogP contribution in [-0.4, -0.2) is 69.8 Å². The Hall–Kier alpha value is -1.31. The molecule has 0 N–H and O–H groups in total. The van der Waals surface area contributed by atoms with Gasteiger partial charge in [0.1, 0.15) is 0 Å². The number of hydrogen-bond donors (Lipinski definition) is 0. The molecule has 7 heteroatoms. The van der Waals surface area contributed by atoms with Gasteiger partial charge in [0.15, 0.2) is 11.5 Å². The van der Waals surface area contributed by atoms with E-state index in [0.29, 0.717) is 13.1 Å². The van der Waals surface area contributed by atoms with Gasteiger partial charge in [0.2, 0.25) is 10.0 Å². The van der Waals surface area contributed by atoms with E-state index < -0.39 is 10.0 Å². The van der Waals surface area contributed by atoms with E-state index in [9.17, 15) is 8.42 Å². The van der Waals surface area contributed by atoms with Crippen LogP contribution in [0.1, 0.15) is 32.3 Å². The fourth-order valence-electron chi connectivity index (χ4n) is 3.33. The number of ether oxygens (including phenoxy) is 2. The molecule has 0 radical (unpaired) electrons. The summed E-state index contributed by atoms with van der Waals surface area (Å²) < 4.78 is 37.2. The lowest BCUT2D eigenvalue weighted by atomic mass is 10.1. The van der Waals surface area contributed by atoms with E-state index in [4.69, 9.17) is 9.47 Å². The number of benzene rings is 1. The topological polar surface area (TPSA) is 59.1 Å². The molecule has 1 aliphatic rings. The molecule has 1 atom stereocenters. The maximum Gasteiger partial charge on any atom is 0.216 e. The van der Waals surface area contributed by atoms with Crippen molar-refractivity contribution in [2.24, 2.45) is 0 Å². The molecule has 1 aromatic carbocycles. The lowest BCUT2D eigenvalue weighted by molar-refractivity contribution is 0.164. The van der Waals surface area contributed by atoms with Crippen molar-refractivity contribution in [2.75, 3.05) is 40.9 Å². The number of hydrogen-bond acceptors (Lipinski definition) is 5. The molecular formula is C19H32N2O4S. The highest BCUT2D eigenvalue weighted by atomic mass is 32.2. The average Bonchev–Trinajstić information content (AvgIpc) is 2.65. The second kappa shape index (κ2) is 9.06. The number of rotatable bonds is 8. The van der Waals surface area contributed by atoms with Gasteiger partial charge in [0.05, 0.1) is 19.5 Å². The molecule has 148 valence electrons. The Balaban J connectivity index is 1.96. The highest BCUT2D eigenvalue weighted by molar-refractivity contribution is 7.89. The van der Waals surface area contributed by atoms with E-state index in [1.807, 2.05) is 18.2 Å². The highest BCUT2D eigenvalue weighted by Crippen LogP contribution is 2.28. The summed E-state index contributed by atoms with van der Waals surface area (Å²) in [5, 5.41) is -0.363. The summed E-state index contributed by atoms with van der Waals surface area (Å²) in [4.78, 5) is 2.28. The van der Waals surface area contributed by atoms with Gasteiger partial charge in [0.25, 0.3) is 0 Å². The standard InChI is InChI=1S/C19H32N2O4S/c1-15(2)26(22,23)21-11-6-7-17(14-21)20(3)12-10-16-8-9-18(24-4)19(13-16)25-5/h8-9,13,15,17H,6-7,10-12,14H2,1-5H3/t17-/m0/s1. The zero-order chi connectivity index (χ0) is 19.3. The van der Waals surface area contributed by atoms with Crippen molar-refractivity contribution in [1.29, 1.82) is 0 Å². The van der Waals surface area contributed by atoms with Crippen LogP contribution in [0, 0.1) is 0 Å². The Kier molecular flexibility index (Phi) is 7.32. The first kappa shape index (κ1) is 21.0. The van der Waals surface area contributed by atoms with Crippen molar-refractivity contribution in [3.05, 3.63) is 23.8 Å². The minimum atomic E-state index is -3.17. The van der Waals surface area contributed by atoms with Crippen LogP contribution in [0.4, 0.5) is 0 Å². The quantitative estimate of drug-likeness (QED) is 0.689. The minimum Gasteiger partial charge on any atom is -0.493 e. The van der Waals surface area contributed by atoms with Gasteiger partial charge in [-0.15, -0.1) is 0 Å². The normalized spacial score (nSPS) is 19.1. The average molecular weight is 385 g/mol. The molecule has 0 aromatic heterocycles. The van der Waals surface area contributed by atoms with Crippen LogP contribution in [-0.2, 0) is 16.4 Å². The summed E-state index contributed by atoms with van der Waals surface area (Å²) in [6.07, 6.45) is 2.83. The Morgan fingerprint density at radius 1 is 1.23 bits per heavy atom. The Labute approximate surface area is 158 Å². The number of nitrogens with zero attached hydrogens (tertiary/aromatic N) is 2. The summed E-state index contributed by atoms with van der Waals surface area (Å²) in [5.41, 5.74) is 1.18. The van der Waals surface area contributed by atoms with E-state index in [1.54, 1.807) is 32.4 Å². The SMILES string of the molecule is COc1ccc(CCN(C)[C@H]2CCCN(S(=O)(=O)C(C)C)C2)cc1OC. The monoisotopic (exact) mass is 384 g/mol. The van der Waals surface area contributed by atoms with Gasteiger partial charge >= 0.3 is 0 Å². The van der Waals surface area contributed by atoms with Crippen molar-refractivity contribution in [2.45, 2.75) is 44.4 Å². The van der Waals surface area contributed by atoms with E-state index in [0.717, 1.165) is 37.3 Å². The van der Waals surface area contributed by atoms with Crippen LogP contribution in [0.25, 0.3) is 0 Å². The van der Waals surface area contributed by atoms with E-state index in [2.05, 4.69) is 11.9 Å². The summed E-state index contributed by atoms with van der Waals surface area (Å²) in [6, 6.07) is 6.23. The van der Waals surface area contributed by atoms with Gasteiger partial charge in [-0.3, -0.25) is 0 Å². The Morgan fingerprint density at radius 3 is 2.54 bits per heavy atom. The predicted molar refractivity (Wildman–Crippen MR) is 105 cm³/mol. The van der Waals surface area contributed by atoms with Crippen LogP contribution in [0.15, 0.2) is 18.2 Å². The molecule has 0 spiro atoms. The first-order valence-corrected chi connectivity index (χ1v) is 10.7. The summed E-state index contributed by atoms with van der Waals surface area (Å²) in [5.74, 6) is 1.46. The molecule has 0 saturated carbocycles. The maximum absolute atomic E-state index is 12.4. The minimum absolute atomic E-state index is 0.261. The molecule has 1 aromatic rings. The predicted octanol–water partition coefficient (Wildman–Crippen LogP) is 2.38. The second-order valence-electron chi connectivity index (χ2n) is 7.17. The Morgan fingerprint density at radius 2 is 1.92 bits per heavy atom. The third-order valence-corrected chi connectivity index (χ3v) is 7.38. The largest absolute Gasteiger partial charge is 0.493 e. The summed E-state index contributed by atoms with van der Waals surface area (Å²) in [6.45, 7) is 5.60. The zero-order valence-electron chi connectivity index (χ0n) is 16.6. The van der Waals surface area contributed by atoms with Crippen LogP contribution >= 0.6 is 0 Å². The van der Waals surface area contributed by atoms with Gasteiger partial charge in [-0.25, -0.2) is 12.7 Å². The highest BCUT2D eigenvalue weighted by Gasteiger charge is 2.32. The molecule has 0 bridgehead atoms. The van der Waals surface area contributed by atoms with Crippen molar-refractivity contribution in [1.82, 2.24) is 9.21 Å². The number of sulfonamides is 1. The molecule has 2 rings (SSSR count). The van der Waals surface area contributed by atoms with Crippen molar-refractivity contribution in [3.8, 4) is 11.5 Å². The van der Waals surface area contributed by atoms with Crippen LogP contribution in [0.5, 0.6) is 11.5 Å². The van der Waals surface area contributed by atoms with Crippen LogP contribution in [0.2, 0.25) is 0 Å². The third kappa shape index (κ3) is 4.90. The first-order valence-electron chi connectivity index (χ1n) is 9.19. The molecule has 26 heavy (non-hydrogen) atoms. The molecule has 0 unspecified atom stereocenters. The summed E-state index contributed by atoms with van der Waals surface area (Å²) >= 11 is 0. The summed E-state index contributed by atoms with van der Waals surface area (Å²) in [7, 11) is 2.18. The second-order valence-corrected chi connectivity index (χ2v) is 9.66.